The average molecular weight is 137 g/mol. The number of hydrogen-bond donors (Lipinski definition) is 0. The molecule has 0 heterocycles. The third-order valence-electron chi connectivity index (χ3n) is 1.01. The highest BCUT2D eigenvalue weighted by Crippen LogP contribution is 2.20. The lowest BCUT2D eigenvalue weighted by molar-refractivity contribution is 1.77. The van der Waals surface area contributed by atoms with E-state index in [2.05, 4.69) is 37.0 Å². The highest BCUT2D eigenvalue weighted by molar-refractivity contribution is 7.87. The van der Waals surface area contributed by atoms with Gasteiger partial charge < -0.3 is 0 Å². The first-order valence-electron chi connectivity index (χ1n) is 2.58. The topological polar surface area (TPSA) is 0 Å². The summed E-state index contributed by atoms with van der Waals surface area (Å²) < 4.78 is 0. The van der Waals surface area contributed by atoms with Crippen LogP contribution in [-0.2, 0) is 0 Å². The number of rotatable bonds is 1. The van der Waals surface area contributed by atoms with Gasteiger partial charge in [-0.25, -0.2) is 0 Å². The number of hydrogen-bond acceptors (Lipinski definition) is 0. The van der Waals surface area contributed by atoms with Crippen molar-refractivity contribution in [3.8, 4) is 0 Å². The first-order valence-corrected chi connectivity index (χ1v) is 3.92. The van der Waals surface area contributed by atoms with Gasteiger partial charge in [-0.05, 0) is 7.57 Å². The first kappa shape index (κ1) is 6.83. The Balaban J connectivity index is 2.85. The van der Waals surface area contributed by atoms with Crippen LogP contribution in [0.4, 0.5) is 0 Å². The predicted octanol–water partition coefficient (Wildman–Crippen LogP) is 0.704. The Morgan fingerprint density at radius 3 is 2.11 bits per heavy atom. The fourth-order valence-corrected chi connectivity index (χ4v) is 1.05. The molecule has 0 spiro atoms. The van der Waals surface area contributed by atoms with Crippen molar-refractivity contribution in [1.82, 2.24) is 0 Å². The minimum atomic E-state index is 0.354. The smallest absolute Gasteiger partial charge is 0.0165 e. The van der Waals surface area contributed by atoms with Gasteiger partial charge in [0.1, 0.15) is 0 Å². The van der Waals surface area contributed by atoms with E-state index in [9.17, 15) is 0 Å². The number of benzene rings is 1. The molecule has 1 rings (SSSR count). The normalized spacial score (nSPS) is 13.1. The Bertz CT molecular complexity index is 172. The van der Waals surface area contributed by atoms with Crippen molar-refractivity contribution in [2.24, 2.45) is 0 Å². The fraction of sp³-hybridized carbons (Fsp3) is 0.143. The zero-order valence-electron chi connectivity index (χ0n) is 4.83. The van der Waals surface area contributed by atoms with Crippen LogP contribution in [0.5, 0.6) is 0 Å². The lowest BCUT2D eigenvalue weighted by Crippen LogP contribution is -1.96. The van der Waals surface area contributed by atoms with Gasteiger partial charge in [0.15, 0.2) is 0 Å². The molecule has 0 nitrogen and oxygen atoms in total. The lowest BCUT2D eigenvalue weighted by atomic mass is 10.4. The van der Waals surface area contributed by atoms with Crippen LogP contribution in [0.25, 0.3) is 0 Å². The van der Waals surface area contributed by atoms with Crippen molar-refractivity contribution in [3.63, 3.8) is 0 Å². The van der Waals surface area contributed by atoms with E-state index in [-0.39, 0.29) is 0 Å². The molecule has 0 aromatic heterocycles. The van der Waals surface area contributed by atoms with Crippen molar-refractivity contribution in [1.29, 1.82) is 0 Å². The summed E-state index contributed by atoms with van der Waals surface area (Å²) in [7, 11) is 0.918. The fourth-order valence-electron chi connectivity index (χ4n) is 0.577. The Labute approximate surface area is 58.4 Å². The molecule has 1 aromatic carbocycles. The molecule has 0 fully saturated rings. The van der Waals surface area contributed by atoms with Crippen LogP contribution in [0.15, 0.2) is 30.3 Å². The van der Waals surface area contributed by atoms with E-state index in [1.54, 1.807) is 5.30 Å². The Kier molecular flexibility index (Phi) is 2.30. The second-order valence-electron chi connectivity index (χ2n) is 1.56. The second-order valence-corrected chi connectivity index (χ2v) is 2.52. The Morgan fingerprint density at radius 1 is 1.22 bits per heavy atom. The maximum absolute atomic E-state index is 2.38. The zero-order valence-corrected chi connectivity index (χ0v) is 5.73. The molecule has 0 radical (unpaired) electrons. The summed E-state index contributed by atoms with van der Waals surface area (Å²) in [5.74, 6) is 0. The molecule has 2 heteroatoms. The monoisotopic (exact) mass is 137 g/mol. The van der Waals surface area contributed by atoms with Gasteiger partial charge in [-0.3, -0.25) is 7.80 Å². The molecule has 0 amide bonds. The molecule has 0 saturated heterocycles. The van der Waals surface area contributed by atoms with Crippen molar-refractivity contribution in [2.45, 2.75) is 0 Å². The average Bonchev–Trinajstić information content (AvgIpc) is 1.90. The third kappa shape index (κ3) is 1.84. The van der Waals surface area contributed by atoms with Gasteiger partial charge in [0.25, 0.3) is 0 Å². The van der Waals surface area contributed by atoms with Crippen molar-refractivity contribution in [2.75, 3.05) is 6.66 Å². The highest BCUT2D eigenvalue weighted by Gasteiger charge is 1.86. The molecule has 1 unspecified atom stereocenters. The van der Waals surface area contributed by atoms with Crippen molar-refractivity contribution >= 4 is 20.7 Å². The maximum Gasteiger partial charge on any atom is -0.0165 e. The summed E-state index contributed by atoms with van der Waals surface area (Å²) in [6.07, 6.45) is 0. The highest BCUT2D eigenvalue weighted by atomic mass is 31.1. The summed E-state index contributed by atoms with van der Waals surface area (Å²) in [6, 6.07) is 10.9. The summed E-state index contributed by atoms with van der Waals surface area (Å²) in [5, 5.41) is 1.59. The van der Waals surface area contributed by atoms with Gasteiger partial charge >= 0.3 is 0 Å². The molecular formula is C7H11BP-. The van der Waals surface area contributed by atoms with Gasteiger partial charge in [-0.2, -0.15) is 0 Å². The van der Waals surface area contributed by atoms with E-state index in [0.29, 0.717) is 15.4 Å². The molecule has 0 aliphatic carbocycles. The summed E-state index contributed by atoms with van der Waals surface area (Å²) >= 11 is 0. The maximum atomic E-state index is 2.38. The minimum Gasteiger partial charge on any atom is -0.260 e. The SMILES string of the molecule is [BH3-]P(C)c1ccccc1. The Morgan fingerprint density at radius 2 is 1.78 bits per heavy atom. The molecule has 0 aliphatic rings. The zero-order chi connectivity index (χ0) is 6.69. The van der Waals surface area contributed by atoms with E-state index in [4.69, 9.17) is 0 Å². The van der Waals surface area contributed by atoms with Gasteiger partial charge in [-0.1, -0.05) is 42.3 Å². The first-order chi connectivity index (χ1) is 4.30. The van der Waals surface area contributed by atoms with E-state index in [1.165, 1.54) is 0 Å². The summed E-state index contributed by atoms with van der Waals surface area (Å²) in [5.41, 5.74) is 0. The second kappa shape index (κ2) is 3.03. The third-order valence-corrected chi connectivity index (χ3v) is 1.83. The molecule has 9 heavy (non-hydrogen) atoms. The lowest BCUT2D eigenvalue weighted by Gasteiger charge is -2.09. The molecule has 0 saturated carbocycles. The molecule has 0 N–H and O–H groups in total. The standard InChI is InChI=1S/C7H11BP/c1-9(8)7-5-3-2-4-6-7/h2-6H,1,8H3/q-1. The molecule has 48 valence electrons. The van der Waals surface area contributed by atoms with E-state index < -0.39 is 0 Å². The minimum absolute atomic E-state index is 0.354. The molecule has 0 bridgehead atoms. The van der Waals surface area contributed by atoms with Gasteiger partial charge in [0.05, 0.1) is 0 Å². The quantitative estimate of drug-likeness (QED) is 0.394. The molecule has 1 aromatic rings. The van der Waals surface area contributed by atoms with Gasteiger partial charge in [-0.15, -0.1) is 0 Å². The van der Waals surface area contributed by atoms with Gasteiger partial charge in [0, 0.05) is 0 Å². The summed E-state index contributed by atoms with van der Waals surface area (Å²) in [6.45, 7) is 2.38. The van der Waals surface area contributed by atoms with Crippen LogP contribution in [-0.4, -0.2) is 14.2 Å². The van der Waals surface area contributed by atoms with E-state index >= 15 is 0 Å². The van der Waals surface area contributed by atoms with Crippen LogP contribution < -0.4 is 5.30 Å². The molecule has 1 atom stereocenters. The predicted molar refractivity (Wildman–Crippen MR) is 48.9 cm³/mol. The van der Waals surface area contributed by atoms with E-state index in [0.717, 1.165) is 0 Å². The van der Waals surface area contributed by atoms with E-state index in [1.807, 2.05) is 0 Å². The van der Waals surface area contributed by atoms with Crippen LogP contribution >= 0.6 is 7.80 Å². The van der Waals surface area contributed by atoms with Crippen molar-refractivity contribution in [3.05, 3.63) is 30.3 Å². The summed E-state index contributed by atoms with van der Waals surface area (Å²) in [4.78, 5) is 0. The van der Waals surface area contributed by atoms with Crippen molar-refractivity contribution < 1.29 is 0 Å². The Hall–Kier alpha value is -0.285. The largest absolute Gasteiger partial charge is 0.260 e. The van der Waals surface area contributed by atoms with Crippen LogP contribution in [0.1, 0.15) is 0 Å². The van der Waals surface area contributed by atoms with Gasteiger partial charge in [0.2, 0.25) is 0 Å². The molecular weight excluding hydrogens is 126 g/mol. The molecule has 0 aliphatic heterocycles. The van der Waals surface area contributed by atoms with Crippen LogP contribution in [0.2, 0.25) is 0 Å². The van der Waals surface area contributed by atoms with Crippen LogP contribution in [0, 0.1) is 0 Å². The van der Waals surface area contributed by atoms with Crippen LogP contribution in [0.3, 0.4) is 0 Å².